The van der Waals surface area contributed by atoms with Crippen molar-refractivity contribution in [3.05, 3.63) is 24.3 Å². The molecule has 3 nitrogen and oxygen atoms in total. The summed E-state index contributed by atoms with van der Waals surface area (Å²) in [5.41, 5.74) is 0. The molecule has 0 bridgehead atoms. The Morgan fingerprint density at radius 1 is 1.20 bits per heavy atom. The van der Waals surface area contributed by atoms with Gasteiger partial charge in [-0.1, -0.05) is 6.92 Å². The summed E-state index contributed by atoms with van der Waals surface area (Å²) < 4.78 is 10.7. The molecule has 1 N–H and O–H groups in total. The second-order valence-electron chi connectivity index (χ2n) is 3.65. The number of benzene rings is 1. The molecule has 15 heavy (non-hydrogen) atoms. The van der Waals surface area contributed by atoms with Crippen LogP contribution in [0.15, 0.2) is 24.3 Å². The molecule has 0 aliphatic carbocycles. The first kappa shape index (κ1) is 11.9. The summed E-state index contributed by atoms with van der Waals surface area (Å²) in [7, 11) is 3.61. The van der Waals surface area contributed by atoms with E-state index in [1.54, 1.807) is 7.11 Å². The van der Waals surface area contributed by atoms with Crippen molar-refractivity contribution in [3.63, 3.8) is 0 Å². The zero-order valence-corrected chi connectivity index (χ0v) is 9.62. The molecular formula is C12H19NO2. The lowest BCUT2D eigenvalue weighted by Crippen LogP contribution is -2.21. The summed E-state index contributed by atoms with van der Waals surface area (Å²) in [6.07, 6.45) is 0. The van der Waals surface area contributed by atoms with Crippen molar-refractivity contribution in [2.75, 3.05) is 27.3 Å². The van der Waals surface area contributed by atoms with Crippen molar-refractivity contribution in [1.82, 2.24) is 5.32 Å². The Morgan fingerprint density at radius 2 is 1.80 bits per heavy atom. The van der Waals surface area contributed by atoms with E-state index in [2.05, 4.69) is 12.2 Å². The van der Waals surface area contributed by atoms with Gasteiger partial charge in [0.05, 0.1) is 13.7 Å². The molecule has 1 aromatic rings. The predicted octanol–water partition coefficient (Wildman–Crippen LogP) is 1.93. The highest BCUT2D eigenvalue weighted by atomic mass is 16.5. The van der Waals surface area contributed by atoms with Gasteiger partial charge in [-0.3, -0.25) is 0 Å². The summed E-state index contributed by atoms with van der Waals surface area (Å²) in [5, 5.41) is 3.12. The van der Waals surface area contributed by atoms with Crippen LogP contribution in [0, 0.1) is 5.92 Å². The average molecular weight is 209 g/mol. The number of hydrogen-bond donors (Lipinski definition) is 1. The van der Waals surface area contributed by atoms with Gasteiger partial charge < -0.3 is 14.8 Å². The van der Waals surface area contributed by atoms with E-state index in [-0.39, 0.29) is 0 Å². The smallest absolute Gasteiger partial charge is 0.119 e. The molecule has 0 aliphatic rings. The van der Waals surface area contributed by atoms with E-state index in [1.807, 2.05) is 31.3 Å². The molecule has 0 amide bonds. The summed E-state index contributed by atoms with van der Waals surface area (Å²) in [6, 6.07) is 7.64. The molecule has 0 saturated heterocycles. The molecule has 0 saturated carbocycles. The molecule has 84 valence electrons. The maximum Gasteiger partial charge on any atom is 0.119 e. The Labute approximate surface area is 91.4 Å². The van der Waals surface area contributed by atoms with Gasteiger partial charge in [-0.25, -0.2) is 0 Å². The van der Waals surface area contributed by atoms with Gasteiger partial charge in [0.1, 0.15) is 11.5 Å². The van der Waals surface area contributed by atoms with Gasteiger partial charge in [-0.15, -0.1) is 0 Å². The molecule has 3 heteroatoms. The molecule has 1 rings (SSSR count). The van der Waals surface area contributed by atoms with Crippen molar-refractivity contribution in [1.29, 1.82) is 0 Å². The Balaban J connectivity index is 2.37. The van der Waals surface area contributed by atoms with Gasteiger partial charge in [0.15, 0.2) is 0 Å². The minimum absolute atomic E-state index is 0.511. The standard InChI is InChI=1S/C12H19NO2/c1-10(8-13-2)9-15-12-6-4-11(14-3)5-7-12/h4-7,10,13H,8-9H2,1-3H3. The van der Waals surface area contributed by atoms with Gasteiger partial charge in [0, 0.05) is 12.5 Å². The van der Waals surface area contributed by atoms with E-state index < -0.39 is 0 Å². The van der Waals surface area contributed by atoms with Gasteiger partial charge in [0.2, 0.25) is 0 Å². The molecule has 1 unspecified atom stereocenters. The van der Waals surface area contributed by atoms with Gasteiger partial charge in [-0.2, -0.15) is 0 Å². The molecule has 0 heterocycles. The lowest BCUT2D eigenvalue weighted by molar-refractivity contribution is 0.258. The number of ether oxygens (including phenoxy) is 2. The highest BCUT2D eigenvalue weighted by molar-refractivity contribution is 5.31. The van der Waals surface area contributed by atoms with Crippen LogP contribution in [0.3, 0.4) is 0 Å². The van der Waals surface area contributed by atoms with Crippen LogP contribution in [-0.4, -0.2) is 27.3 Å². The number of hydrogen-bond acceptors (Lipinski definition) is 3. The van der Waals surface area contributed by atoms with Gasteiger partial charge >= 0.3 is 0 Å². The summed E-state index contributed by atoms with van der Waals surface area (Å²) >= 11 is 0. The van der Waals surface area contributed by atoms with E-state index in [9.17, 15) is 0 Å². The topological polar surface area (TPSA) is 30.5 Å². The molecule has 1 atom stereocenters. The van der Waals surface area contributed by atoms with Crippen LogP contribution in [0.5, 0.6) is 11.5 Å². The Bertz CT molecular complexity index is 271. The minimum atomic E-state index is 0.511. The van der Waals surface area contributed by atoms with E-state index in [4.69, 9.17) is 9.47 Å². The largest absolute Gasteiger partial charge is 0.497 e. The number of nitrogens with one attached hydrogen (secondary N) is 1. The van der Waals surface area contributed by atoms with Gasteiger partial charge in [0.25, 0.3) is 0 Å². The van der Waals surface area contributed by atoms with Crippen LogP contribution in [0.25, 0.3) is 0 Å². The quantitative estimate of drug-likeness (QED) is 0.776. The molecule has 0 aromatic heterocycles. The van der Waals surface area contributed by atoms with Crippen molar-refractivity contribution in [2.45, 2.75) is 6.92 Å². The van der Waals surface area contributed by atoms with Crippen molar-refractivity contribution in [2.24, 2.45) is 5.92 Å². The van der Waals surface area contributed by atoms with Crippen LogP contribution in [0.1, 0.15) is 6.92 Å². The lowest BCUT2D eigenvalue weighted by atomic mass is 10.2. The molecular weight excluding hydrogens is 190 g/mol. The maximum absolute atomic E-state index is 5.62. The minimum Gasteiger partial charge on any atom is -0.497 e. The van der Waals surface area contributed by atoms with Gasteiger partial charge in [-0.05, 0) is 31.3 Å². The highest BCUT2D eigenvalue weighted by Crippen LogP contribution is 2.17. The van der Waals surface area contributed by atoms with Crippen molar-refractivity contribution < 1.29 is 9.47 Å². The van der Waals surface area contributed by atoms with Crippen LogP contribution >= 0.6 is 0 Å². The first-order valence-electron chi connectivity index (χ1n) is 5.17. The highest BCUT2D eigenvalue weighted by Gasteiger charge is 2.01. The first-order valence-corrected chi connectivity index (χ1v) is 5.17. The molecule has 0 spiro atoms. The van der Waals surface area contributed by atoms with Crippen molar-refractivity contribution in [3.8, 4) is 11.5 Å². The second-order valence-corrected chi connectivity index (χ2v) is 3.65. The van der Waals surface area contributed by atoms with E-state index in [1.165, 1.54) is 0 Å². The fourth-order valence-electron chi connectivity index (χ4n) is 1.32. The third-order valence-electron chi connectivity index (χ3n) is 2.15. The molecule has 0 aliphatic heterocycles. The lowest BCUT2D eigenvalue weighted by Gasteiger charge is -2.12. The molecule has 1 aromatic carbocycles. The molecule has 0 radical (unpaired) electrons. The fourth-order valence-corrected chi connectivity index (χ4v) is 1.32. The van der Waals surface area contributed by atoms with E-state index in [0.717, 1.165) is 24.7 Å². The monoisotopic (exact) mass is 209 g/mol. The second kappa shape index (κ2) is 6.30. The third kappa shape index (κ3) is 4.21. The van der Waals surface area contributed by atoms with Crippen LogP contribution in [0.4, 0.5) is 0 Å². The first-order chi connectivity index (χ1) is 7.26. The van der Waals surface area contributed by atoms with Crippen LogP contribution < -0.4 is 14.8 Å². The van der Waals surface area contributed by atoms with Crippen molar-refractivity contribution >= 4 is 0 Å². The Hall–Kier alpha value is -1.22. The maximum atomic E-state index is 5.62. The molecule has 0 fully saturated rings. The van der Waals surface area contributed by atoms with Crippen LogP contribution in [-0.2, 0) is 0 Å². The summed E-state index contributed by atoms with van der Waals surface area (Å²) in [5.74, 6) is 2.25. The predicted molar refractivity (Wildman–Crippen MR) is 61.6 cm³/mol. The zero-order valence-electron chi connectivity index (χ0n) is 9.62. The average Bonchev–Trinajstić information content (AvgIpc) is 2.27. The number of methoxy groups -OCH3 is 1. The SMILES string of the molecule is CNCC(C)COc1ccc(OC)cc1. The van der Waals surface area contributed by atoms with E-state index >= 15 is 0 Å². The van der Waals surface area contributed by atoms with Crippen LogP contribution in [0.2, 0.25) is 0 Å². The normalized spacial score (nSPS) is 12.2. The fraction of sp³-hybridized carbons (Fsp3) is 0.500. The summed E-state index contributed by atoms with van der Waals surface area (Å²) in [6.45, 7) is 3.85. The third-order valence-corrected chi connectivity index (χ3v) is 2.15. The summed E-state index contributed by atoms with van der Waals surface area (Å²) in [4.78, 5) is 0. The van der Waals surface area contributed by atoms with E-state index in [0.29, 0.717) is 5.92 Å². The number of rotatable bonds is 6. The zero-order chi connectivity index (χ0) is 11.1. The Kier molecular flexibility index (Phi) is 4.98. The Morgan fingerprint density at radius 3 is 2.33 bits per heavy atom.